The molecule has 0 spiro atoms. The van der Waals surface area contributed by atoms with Crippen LogP contribution in [0.2, 0.25) is 0 Å². The maximum atomic E-state index is 15.3. The SMILES string of the molecule is CCOC(=O)CC(=O)c1cc(F)c(OP(=O)(Oc2ccccc2)Oc2ccccc2)nc1Nc1ccc(F)cc1F. The molecule has 212 valence electrons. The highest BCUT2D eigenvalue weighted by atomic mass is 31.2. The van der Waals surface area contributed by atoms with Crippen molar-refractivity contribution in [3.8, 4) is 17.4 Å². The lowest BCUT2D eigenvalue weighted by Crippen LogP contribution is -2.15. The van der Waals surface area contributed by atoms with Gasteiger partial charge >= 0.3 is 13.8 Å². The summed E-state index contributed by atoms with van der Waals surface area (Å²) in [4.78, 5) is 28.7. The first-order valence-electron chi connectivity index (χ1n) is 12.1. The third-order valence-corrected chi connectivity index (χ3v) is 6.42. The lowest BCUT2D eigenvalue weighted by molar-refractivity contribution is -0.141. The first kappa shape index (κ1) is 29.2. The Labute approximate surface area is 232 Å². The number of carbonyl (C=O) groups is 2. The van der Waals surface area contributed by atoms with Crippen LogP contribution in [0.5, 0.6) is 17.4 Å². The number of aromatic nitrogens is 1. The molecule has 1 heterocycles. The number of Topliss-reactive ketones (excluding diaryl/α,β-unsaturated/α-hetero) is 1. The van der Waals surface area contributed by atoms with Crippen molar-refractivity contribution in [3.05, 3.63) is 108 Å². The van der Waals surface area contributed by atoms with Crippen LogP contribution < -0.4 is 18.9 Å². The monoisotopic (exact) mass is 586 g/mol. The smallest absolute Gasteiger partial charge is 0.466 e. The summed E-state index contributed by atoms with van der Waals surface area (Å²) in [5, 5.41) is 2.46. The molecule has 4 aromatic rings. The first-order valence-corrected chi connectivity index (χ1v) is 13.5. The standard InChI is InChI=1S/C28H22F3N2O7P/c1-2-37-26(35)17-25(34)21-16-23(31)28(33-27(21)32-24-14-13-18(29)15-22(24)30)40-41(36,38-19-9-5-3-6-10-19)39-20-11-7-4-8-12-20/h3-16H,2,17H2,1H3,(H,32,33). The van der Waals surface area contributed by atoms with E-state index in [0.717, 1.165) is 12.1 Å². The van der Waals surface area contributed by atoms with Gasteiger partial charge in [-0.25, -0.2) is 13.2 Å². The van der Waals surface area contributed by atoms with Crippen molar-refractivity contribution in [2.24, 2.45) is 0 Å². The van der Waals surface area contributed by atoms with Gasteiger partial charge in [-0.1, -0.05) is 36.4 Å². The van der Waals surface area contributed by atoms with Gasteiger partial charge in [-0.3, -0.25) is 9.59 Å². The van der Waals surface area contributed by atoms with Crippen LogP contribution in [0, 0.1) is 17.5 Å². The summed E-state index contributed by atoms with van der Waals surface area (Å²) in [6.07, 6.45) is -0.789. The molecule has 0 aliphatic carbocycles. The Bertz CT molecular complexity index is 1550. The van der Waals surface area contributed by atoms with Crippen molar-refractivity contribution in [3.63, 3.8) is 0 Å². The largest absolute Gasteiger partial charge is 0.648 e. The number of phosphoric ester groups is 1. The van der Waals surface area contributed by atoms with Crippen LogP contribution in [-0.4, -0.2) is 23.3 Å². The number of pyridine rings is 1. The highest BCUT2D eigenvalue weighted by Gasteiger charge is 2.36. The second kappa shape index (κ2) is 13.0. The van der Waals surface area contributed by atoms with E-state index in [1.807, 2.05) is 0 Å². The molecule has 1 N–H and O–H groups in total. The lowest BCUT2D eigenvalue weighted by Gasteiger charge is -2.20. The fourth-order valence-electron chi connectivity index (χ4n) is 3.38. The molecule has 0 fully saturated rings. The van der Waals surface area contributed by atoms with Crippen molar-refractivity contribution in [1.82, 2.24) is 4.98 Å². The van der Waals surface area contributed by atoms with E-state index in [-0.39, 0.29) is 23.8 Å². The minimum atomic E-state index is -4.71. The molecule has 0 unspecified atom stereocenters. The second-order valence-electron chi connectivity index (χ2n) is 8.17. The number of halogens is 3. The average molecular weight is 586 g/mol. The molecule has 41 heavy (non-hydrogen) atoms. The van der Waals surface area contributed by atoms with Crippen LogP contribution in [0.15, 0.2) is 84.9 Å². The van der Waals surface area contributed by atoms with Crippen LogP contribution in [0.25, 0.3) is 0 Å². The molecule has 3 aromatic carbocycles. The number of para-hydroxylation sites is 2. The molecule has 0 saturated carbocycles. The second-order valence-corrected chi connectivity index (χ2v) is 9.61. The van der Waals surface area contributed by atoms with E-state index in [9.17, 15) is 22.9 Å². The number of hydrogen-bond donors (Lipinski definition) is 1. The summed E-state index contributed by atoms with van der Waals surface area (Å²) >= 11 is 0. The molecular weight excluding hydrogens is 564 g/mol. The molecule has 0 saturated heterocycles. The first-order chi connectivity index (χ1) is 19.7. The van der Waals surface area contributed by atoms with E-state index in [1.165, 1.54) is 31.2 Å². The van der Waals surface area contributed by atoms with Gasteiger partial charge in [0.2, 0.25) is 0 Å². The predicted octanol–water partition coefficient (Wildman–Crippen LogP) is 7.02. The maximum Gasteiger partial charge on any atom is 0.648 e. The Morgan fingerprint density at radius 3 is 2.00 bits per heavy atom. The van der Waals surface area contributed by atoms with E-state index in [4.69, 9.17) is 18.3 Å². The molecule has 1 aromatic heterocycles. The van der Waals surface area contributed by atoms with E-state index in [0.29, 0.717) is 12.1 Å². The summed E-state index contributed by atoms with van der Waals surface area (Å²) in [7, 11) is -4.71. The maximum absolute atomic E-state index is 15.3. The number of carbonyl (C=O) groups excluding carboxylic acids is 2. The van der Waals surface area contributed by atoms with Crippen molar-refractivity contribution < 1.29 is 45.6 Å². The van der Waals surface area contributed by atoms with Gasteiger partial charge in [0.15, 0.2) is 11.6 Å². The molecule has 0 aliphatic heterocycles. The predicted molar refractivity (Wildman–Crippen MR) is 142 cm³/mol. The van der Waals surface area contributed by atoms with Gasteiger partial charge in [0.25, 0.3) is 5.88 Å². The van der Waals surface area contributed by atoms with E-state index in [2.05, 4.69) is 10.3 Å². The number of nitrogens with one attached hydrogen (secondary N) is 1. The van der Waals surface area contributed by atoms with Gasteiger partial charge in [-0.15, -0.1) is 0 Å². The van der Waals surface area contributed by atoms with Crippen LogP contribution in [0.4, 0.5) is 24.7 Å². The quantitative estimate of drug-likeness (QED) is 0.0810. The number of nitrogens with zero attached hydrogens (tertiary/aromatic N) is 1. The number of benzene rings is 3. The third-order valence-electron chi connectivity index (χ3n) is 5.16. The van der Waals surface area contributed by atoms with Crippen LogP contribution in [0.1, 0.15) is 23.7 Å². The number of ether oxygens (including phenoxy) is 1. The third kappa shape index (κ3) is 7.86. The van der Waals surface area contributed by atoms with Crippen molar-refractivity contribution >= 4 is 31.1 Å². The summed E-state index contributed by atoms with van der Waals surface area (Å²) in [5.41, 5.74) is -0.833. The van der Waals surface area contributed by atoms with Crippen molar-refractivity contribution in [1.29, 1.82) is 0 Å². The molecule has 0 radical (unpaired) electrons. The van der Waals surface area contributed by atoms with Crippen LogP contribution >= 0.6 is 7.82 Å². The molecular formula is C28H22F3N2O7P. The van der Waals surface area contributed by atoms with Gasteiger partial charge in [0.05, 0.1) is 17.9 Å². The number of rotatable bonds is 12. The van der Waals surface area contributed by atoms with Crippen LogP contribution in [0.3, 0.4) is 0 Å². The molecule has 9 nitrogen and oxygen atoms in total. The normalized spacial score (nSPS) is 10.9. The van der Waals surface area contributed by atoms with E-state index in [1.54, 1.807) is 36.4 Å². The molecule has 0 atom stereocenters. The van der Waals surface area contributed by atoms with E-state index >= 15 is 4.39 Å². The van der Waals surface area contributed by atoms with Crippen molar-refractivity contribution in [2.45, 2.75) is 13.3 Å². The van der Waals surface area contributed by atoms with Gasteiger partial charge in [0, 0.05) is 6.07 Å². The Hall–Kier alpha value is -4.83. The lowest BCUT2D eigenvalue weighted by atomic mass is 10.1. The number of phosphoric acid groups is 1. The average Bonchev–Trinajstić information content (AvgIpc) is 2.93. The van der Waals surface area contributed by atoms with Crippen molar-refractivity contribution in [2.75, 3.05) is 11.9 Å². The molecule has 0 amide bonds. The van der Waals surface area contributed by atoms with Crippen LogP contribution in [-0.2, 0) is 14.1 Å². The van der Waals surface area contributed by atoms with E-state index < -0.39 is 60.7 Å². The zero-order valence-electron chi connectivity index (χ0n) is 21.4. The Kier molecular flexibility index (Phi) is 9.26. The van der Waals surface area contributed by atoms with Gasteiger partial charge in [-0.2, -0.15) is 9.55 Å². The zero-order valence-corrected chi connectivity index (χ0v) is 22.3. The number of anilines is 2. The fourth-order valence-corrected chi connectivity index (χ4v) is 4.59. The number of ketones is 1. The Balaban J connectivity index is 1.75. The van der Waals surface area contributed by atoms with Gasteiger partial charge < -0.3 is 23.6 Å². The highest BCUT2D eigenvalue weighted by Crippen LogP contribution is 2.50. The molecule has 0 aliphatic rings. The summed E-state index contributed by atoms with van der Waals surface area (Å²) in [5.74, 6) is -6.38. The number of hydrogen-bond acceptors (Lipinski definition) is 9. The minimum absolute atomic E-state index is 0.00445. The minimum Gasteiger partial charge on any atom is -0.466 e. The number of esters is 1. The van der Waals surface area contributed by atoms with Gasteiger partial charge in [-0.05, 0) is 49.4 Å². The fraction of sp³-hybridized carbons (Fsp3) is 0.107. The zero-order chi connectivity index (χ0) is 29.4. The Morgan fingerprint density at radius 1 is 0.829 bits per heavy atom. The highest BCUT2D eigenvalue weighted by molar-refractivity contribution is 7.49. The molecule has 4 rings (SSSR count). The Morgan fingerprint density at radius 2 is 1.44 bits per heavy atom. The molecule has 13 heteroatoms. The topological polar surface area (TPSA) is 113 Å². The summed E-state index contributed by atoms with van der Waals surface area (Å²) in [6, 6.07) is 18.7. The summed E-state index contributed by atoms with van der Waals surface area (Å²) in [6.45, 7) is 1.53. The summed E-state index contributed by atoms with van der Waals surface area (Å²) < 4.78 is 78.0. The van der Waals surface area contributed by atoms with Gasteiger partial charge in [0.1, 0.15) is 35.4 Å². The molecule has 0 bridgehead atoms.